The molecule has 0 aliphatic rings. The van der Waals surface area contributed by atoms with Gasteiger partial charge in [0, 0.05) is 21.2 Å². The van der Waals surface area contributed by atoms with Gasteiger partial charge in [-0.05, 0) is 25.1 Å². The van der Waals surface area contributed by atoms with Gasteiger partial charge in [0.25, 0.3) is 5.91 Å². The molecule has 0 radical (unpaired) electrons. The minimum Gasteiger partial charge on any atom is -0.288 e. The quantitative estimate of drug-likeness (QED) is 0.488. The molecule has 4 aromatic rings. The fourth-order valence-corrected chi connectivity index (χ4v) is 3.27. The molecule has 2 aromatic carbocycles. The van der Waals surface area contributed by atoms with Gasteiger partial charge in [0.1, 0.15) is 12.0 Å². The maximum absolute atomic E-state index is 12.5. The minimum absolute atomic E-state index is 0.171. The van der Waals surface area contributed by atoms with E-state index in [1.807, 2.05) is 31.2 Å². The van der Waals surface area contributed by atoms with E-state index in [2.05, 4.69) is 25.6 Å². The molecule has 1 amide bonds. The summed E-state index contributed by atoms with van der Waals surface area (Å²) in [6.45, 7) is 2.35. The van der Waals surface area contributed by atoms with E-state index < -0.39 is 0 Å². The molecule has 9 heteroatoms. The first-order chi connectivity index (χ1) is 14.0. The van der Waals surface area contributed by atoms with Crippen LogP contribution in [0.1, 0.15) is 21.6 Å². The molecule has 29 heavy (non-hydrogen) atoms. The molecule has 0 aliphatic heterocycles. The molecule has 0 spiro atoms. The number of aromatic amines is 1. The normalized spacial score (nSPS) is 10.9. The fourth-order valence-electron chi connectivity index (χ4n) is 2.75. The molecule has 0 bridgehead atoms. The van der Waals surface area contributed by atoms with E-state index in [0.29, 0.717) is 28.0 Å². The highest BCUT2D eigenvalue weighted by Gasteiger charge is 2.14. The number of rotatable bonds is 5. The largest absolute Gasteiger partial charge is 0.288 e. The second-order valence-electron chi connectivity index (χ2n) is 6.45. The van der Waals surface area contributed by atoms with Crippen molar-refractivity contribution in [3.05, 3.63) is 81.7 Å². The van der Waals surface area contributed by atoms with E-state index in [1.165, 1.54) is 6.33 Å². The van der Waals surface area contributed by atoms with Gasteiger partial charge in [-0.25, -0.2) is 9.67 Å². The number of benzene rings is 2. The Kier molecular flexibility index (Phi) is 5.33. The highest BCUT2D eigenvalue weighted by atomic mass is 35.5. The van der Waals surface area contributed by atoms with Crippen LogP contribution in [-0.4, -0.2) is 30.9 Å². The van der Waals surface area contributed by atoms with E-state index in [9.17, 15) is 4.79 Å². The number of hydrogen-bond donors (Lipinski definition) is 2. The maximum Gasteiger partial charge on any atom is 0.276 e. The first-order valence-corrected chi connectivity index (χ1v) is 9.51. The van der Waals surface area contributed by atoms with Gasteiger partial charge in [0.05, 0.1) is 12.2 Å². The number of carbonyl (C=O) groups is 1. The van der Waals surface area contributed by atoms with Crippen LogP contribution in [0.3, 0.4) is 0 Å². The Morgan fingerprint density at radius 1 is 1.14 bits per heavy atom. The summed E-state index contributed by atoms with van der Waals surface area (Å²) in [4.78, 5) is 16.6. The lowest BCUT2D eigenvalue weighted by atomic mass is 10.1. The number of halogens is 2. The molecule has 2 heterocycles. The van der Waals surface area contributed by atoms with Gasteiger partial charge < -0.3 is 0 Å². The number of aromatic nitrogens is 5. The Morgan fingerprint density at radius 3 is 2.59 bits per heavy atom. The van der Waals surface area contributed by atoms with Crippen molar-refractivity contribution in [3.63, 3.8) is 0 Å². The smallest absolute Gasteiger partial charge is 0.276 e. The number of amides is 1. The van der Waals surface area contributed by atoms with Crippen LogP contribution in [0.4, 0.5) is 5.95 Å². The molecular weight excluding hydrogens is 411 g/mol. The van der Waals surface area contributed by atoms with E-state index in [-0.39, 0.29) is 11.9 Å². The van der Waals surface area contributed by atoms with Crippen LogP contribution in [-0.2, 0) is 6.54 Å². The van der Waals surface area contributed by atoms with Crippen LogP contribution in [0.5, 0.6) is 0 Å². The third-order valence-corrected chi connectivity index (χ3v) is 5.02. The van der Waals surface area contributed by atoms with Gasteiger partial charge in [-0.15, -0.1) is 5.10 Å². The molecule has 0 unspecified atom stereocenters. The zero-order valence-corrected chi connectivity index (χ0v) is 16.9. The third kappa shape index (κ3) is 4.31. The van der Waals surface area contributed by atoms with E-state index >= 15 is 0 Å². The van der Waals surface area contributed by atoms with Gasteiger partial charge in [-0.3, -0.25) is 15.2 Å². The summed E-state index contributed by atoms with van der Waals surface area (Å²) in [6, 6.07) is 14.9. The van der Waals surface area contributed by atoms with Gasteiger partial charge in [0.15, 0.2) is 0 Å². The summed E-state index contributed by atoms with van der Waals surface area (Å²) in [5, 5.41) is 14.9. The Bertz CT molecular complexity index is 1150. The number of anilines is 1. The minimum atomic E-state index is -0.385. The molecule has 2 aromatic heterocycles. The average molecular weight is 427 g/mol. The Morgan fingerprint density at radius 2 is 1.86 bits per heavy atom. The van der Waals surface area contributed by atoms with Crippen molar-refractivity contribution in [2.45, 2.75) is 13.5 Å². The van der Waals surface area contributed by atoms with Crippen molar-refractivity contribution in [3.8, 4) is 11.3 Å². The monoisotopic (exact) mass is 426 g/mol. The average Bonchev–Trinajstić information content (AvgIpc) is 3.35. The van der Waals surface area contributed by atoms with Crippen LogP contribution in [0, 0.1) is 6.92 Å². The number of hydrogen-bond acceptors (Lipinski definition) is 4. The molecule has 146 valence electrons. The van der Waals surface area contributed by atoms with Crippen molar-refractivity contribution in [1.29, 1.82) is 0 Å². The number of H-pyrrole nitrogens is 1. The van der Waals surface area contributed by atoms with Gasteiger partial charge in [-0.2, -0.15) is 5.10 Å². The predicted molar refractivity (Wildman–Crippen MR) is 112 cm³/mol. The molecular formula is C20H16Cl2N6O. The van der Waals surface area contributed by atoms with E-state index in [0.717, 1.165) is 16.7 Å². The lowest BCUT2D eigenvalue weighted by molar-refractivity contribution is 0.102. The molecule has 0 saturated carbocycles. The van der Waals surface area contributed by atoms with Crippen molar-refractivity contribution >= 4 is 35.1 Å². The molecule has 0 atom stereocenters. The van der Waals surface area contributed by atoms with Crippen LogP contribution >= 0.6 is 23.2 Å². The molecule has 0 fully saturated rings. The standard InChI is InChI=1S/C20H16Cl2N6O/c1-12-5-7-13(8-6-12)17-9-18(26-25-17)19(29)24-20-23-11-28(27-20)10-14-15(21)3-2-4-16(14)22/h2-9,11H,10H2,1H3,(H,25,26)(H,24,27,29). The summed E-state index contributed by atoms with van der Waals surface area (Å²) in [5.41, 5.74) is 3.80. The van der Waals surface area contributed by atoms with Crippen LogP contribution in [0.15, 0.2) is 54.9 Å². The zero-order valence-electron chi connectivity index (χ0n) is 15.4. The van der Waals surface area contributed by atoms with Crippen molar-refractivity contribution in [2.75, 3.05) is 5.32 Å². The maximum atomic E-state index is 12.5. The van der Waals surface area contributed by atoms with Gasteiger partial charge in [-0.1, -0.05) is 59.1 Å². The molecule has 0 saturated heterocycles. The summed E-state index contributed by atoms with van der Waals surface area (Å²) in [6.07, 6.45) is 1.50. The summed E-state index contributed by atoms with van der Waals surface area (Å²) in [5.74, 6) is -0.214. The van der Waals surface area contributed by atoms with E-state index in [1.54, 1.807) is 28.9 Å². The van der Waals surface area contributed by atoms with Crippen LogP contribution in [0.25, 0.3) is 11.3 Å². The van der Waals surface area contributed by atoms with Crippen molar-refractivity contribution in [2.24, 2.45) is 0 Å². The zero-order chi connectivity index (χ0) is 20.4. The highest BCUT2D eigenvalue weighted by Crippen LogP contribution is 2.25. The topological polar surface area (TPSA) is 88.5 Å². The Hall–Kier alpha value is -3.16. The lowest BCUT2D eigenvalue weighted by Gasteiger charge is -2.06. The molecule has 4 rings (SSSR count). The van der Waals surface area contributed by atoms with Crippen LogP contribution in [0.2, 0.25) is 10.0 Å². The summed E-state index contributed by atoms with van der Waals surface area (Å²) < 4.78 is 1.55. The summed E-state index contributed by atoms with van der Waals surface area (Å²) in [7, 11) is 0. The molecule has 0 aliphatic carbocycles. The SMILES string of the molecule is Cc1ccc(-c2cc(C(=O)Nc3ncn(Cc4c(Cl)cccc4Cl)n3)[nH]n2)cc1. The number of nitrogens with one attached hydrogen (secondary N) is 2. The van der Waals surface area contributed by atoms with Crippen molar-refractivity contribution in [1.82, 2.24) is 25.0 Å². The van der Waals surface area contributed by atoms with Crippen LogP contribution < -0.4 is 5.32 Å². The van der Waals surface area contributed by atoms with Gasteiger partial charge >= 0.3 is 0 Å². The Labute approximate surface area is 176 Å². The number of carbonyl (C=O) groups excluding carboxylic acids is 1. The molecule has 2 N–H and O–H groups in total. The lowest BCUT2D eigenvalue weighted by Crippen LogP contribution is -2.14. The molecule has 7 nitrogen and oxygen atoms in total. The third-order valence-electron chi connectivity index (χ3n) is 4.31. The fraction of sp³-hybridized carbons (Fsp3) is 0.100. The van der Waals surface area contributed by atoms with Gasteiger partial charge in [0.2, 0.25) is 5.95 Å². The van der Waals surface area contributed by atoms with E-state index in [4.69, 9.17) is 23.2 Å². The first-order valence-electron chi connectivity index (χ1n) is 8.76. The Balaban J connectivity index is 1.45. The summed E-state index contributed by atoms with van der Waals surface area (Å²) >= 11 is 12.4. The predicted octanol–water partition coefficient (Wildman–Crippen LogP) is 4.58. The highest BCUT2D eigenvalue weighted by molar-refractivity contribution is 6.35. The second-order valence-corrected chi connectivity index (χ2v) is 7.27. The number of nitrogens with zero attached hydrogens (tertiary/aromatic N) is 4. The van der Waals surface area contributed by atoms with Crippen molar-refractivity contribution < 1.29 is 4.79 Å². The first kappa shape index (κ1) is 19.2. The second kappa shape index (κ2) is 8.06. The number of aryl methyl sites for hydroxylation is 1.